The van der Waals surface area contributed by atoms with E-state index >= 15 is 0 Å². The minimum absolute atomic E-state index is 0.284. The predicted octanol–water partition coefficient (Wildman–Crippen LogP) is 3.43. The van der Waals surface area contributed by atoms with E-state index in [2.05, 4.69) is 10.3 Å². The summed E-state index contributed by atoms with van der Waals surface area (Å²) < 4.78 is 4.90. The second kappa shape index (κ2) is 6.18. The van der Waals surface area contributed by atoms with Gasteiger partial charge in [0.25, 0.3) is 5.91 Å². The van der Waals surface area contributed by atoms with Crippen molar-refractivity contribution < 1.29 is 14.3 Å². The van der Waals surface area contributed by atoms with Crippen molar-refractivity contribution in [3.8, 4) is 0 Å². The Balaban J connectivity index is 1.94. The van der Waals surface area contributed by atoms with E-state index in [-0.39, 0.29) is 11.9 Å². The van der Waals surface area contributed by atoms with E-state index in [1.807, 2.05) is 6.92 Å². The van der Waals surface area contributed by atoms with Gasteiger partial charge in [-0.2, -0.15) is 0 Å². The van der Waals surface area contributed by atoms with Crippen LogP contribution in [0, 0.1) is 6.92 Å². The third-order valence-corrected chi connectivity index (χ3v) is 5.62. The zero-order chi connectivity index (χ0) is 15.7. The van der Waals surface area contributed by atoms with Crippen LogP contribution in [0.5, 0.6) is 0 Å². The molecule has 1 amide bonds. The van der Waals surface area contributed by atoms with E-state index < -0.39 is 0 Å². The van der Waals surface area contributed by atoms with Crippen molar-refractivity contribution in [3.63, 3.8) is 0 Å². The van der Waals surface area contributed by atoms with E-state index in [4.69, 9.17) is 4.74 Å². The summed E-state index contributed by atoms with van der Waals surface area (Å²) in [5.74, 6) is -0.669. The lowest BCUT2D eigenvalue weighted by Gasteiger charge is -2.11. The molecule has 0 saturated carbocycles. The Morgan fingerprint density at radius 3 is 2.77 bits per heavy atom. The number of thiophene rings is 1. The number of nitrogens with zero attached hydrogens (tertiary/aromatic N) is 1. The Labute approximate surface area is 136 Å². The standard InChI is InChI=1S/C15H16N2O3S2/c1-8-16-10(7-21-8)13(18)17-14-12(15(19)20-2)9-5-3-4-6-11(9)22-14/h7H,3-6H2,1-2H3,(H,17,18). The van der Waals surface area contributed by atoms with Gasteiger partial charge in [-0.1, -0.05) is 0 Å². The highest BCUT2D eigenvalue weighted by atomic mass is 32.1. The van der Waals surface area contributed by atoms with Crippen molar-refractivity contribution in [2.45, 2.75) is 32.6 Å². The SMILES string of the molecule is COC(=O)c1c(NC(=O)c2csc(C)n2)sc2c1CCCC2. The number of thiazole rings is 1. The maximum absolute atomic E-state index is 12.3. The van der Waals surface area contributed by atoms with Crippen molar-refractivity contribution in [2.24, 2.45) is 0 Å². The van der Waals surface area contributed by atoms with Gasteiger partial charge in [0.05, 0.1) is 17.7 Å². The number of methoxy groups -OCH3 is 1. The largest absolute Gasteiger partial charge is 0.465 e. The number of rotatable bonds is 3. The number of anilines is 1. The van der Waals surface area contributed by atoms with Crippen LogP contribution in [-0.4, -0.2) is 24.0 Å². The molecular weight excluding hydrogens is 320 g/mol. The molecule has 2 heterocycles. The molecule has 1 aliphatic rings. The summed E-state index contributed by atoms with van der Waals surface area (Å²) >= 11 is 2.90. The number of hydrogen-bond acceptors (Lipinski definition) is 6. The van der Waals surface area contributed by atoms with Crippen molar-refractivity contribution in [1.82, 2.24) is 4.98 Å². The zero-order valence-corrected chi connectivity index (χ0v) is 14.0. The van der Waals surface area contributed by atoms with Crippen LogP contribution >= 0.6 is 22.7 Å². The maximum Gasteiger partial charge on any atom is 0.341 e. The van der Waals surface area contributed by atoms with Crippen LogP contribution in [0.3, 0.4) is 0 Å². The molecule has 1 aliphatic carbocycles. The number of fused-ring (bicyclic) bond motifs is 1. The van der Waals surface area contributed by atoms with Gasteiger partial charge in [-0.15, -0.1) is 22.7 Å². The number of esters is 1. The van der Waals surface area contributed by atoms with Crippen LogP contribution in [0.2, 0.25) is 0 Å². The van der Waals surface area contributed by atoms with E-state index in [9.17, 15) is 9.59 Å². The summed E-state index contributed by atoms with van der Waals surface area (Å²) in [6, 6.07) is 0. The Kier molecular flexibility index (Phi) is 4.26. The lowest BCUT2D eigenvalue weighted by atomic mass is 9.95. The normalized spacial score (nSPS) is 13.5. The first-order valence-electron chi connectivity index (χ1n) is 7.06. The summed E-state index contributed by atoms with van der Waals surface area (Å²) in [4.78, 5) is 29.8. The summed E-state index contributed by atoms with van der Waals surface area (Å²) in [6.07, 6.45) is 4.00. The van der Waals surface area contributed by atoms with Gasteiger partial charge in [-0.25, -0.2) is 9.78 Å². The Bertz CT molecular complexity index is 733. The van der Waals surface area contributed by atoms with Crippen molar-refractivity contribution >= 4 is 39.6 Å². The lowest BCUT2D eigenvalue weighted by molar-refractivity contribution is 0.0601. The molecule has 0 aliphatic heterocycles. The van der Waals surface area contributed by atoms with Crippen LogP contribution in [0.1, 0.15) is 49.1 Å². The van der Waals surface area contributed by atoms with Crippen molar-refractivity contribution in [1.29, 1.82) is 0 Å². The topological polar surface area (TPSA) is 68.3 Å². The molecule has 0 unspecified atom stereocenters. The number of aryl methyl sites for hydroxylation is 2. The molecule has 0 radical (unpaired) electrons. The van der Waals surface area contributed by atoms with E-state index in [1.165, 1.54) is 34.7 Å². The molecule has 2 aromatic rings. The van der Waals surface area contributed by atoms with Gasteiger partial charge in [-0.3, -0.25) is 4.79 Å². The van der Waals surface area contributed by atoms with Crippen LogP contribution in [0.25, 0.3) is 0 Å². The Hall–Kier alpha value is -1.73. The van der Waals surface area contributed by atoms with Gasteiger partial charge < -0.3 is 10.1 Å². The molecule has 0 saturated heterocycles. The highest BCUT2D eigenvalue weighted by molar-refractivity contribution is 7.17. The summed E-state index contributed by atoms with van der Waals surface area (Å²) in [7, 11) is 1.37. The number of carbonyl (C=O) groups excluding carboxylic acids is 2. The molecule has 22 heavy (non-hydrogen) atoms. The second-order valence-electron chi connectivity index (χ2n) is 5.11. The minimum atomic E-state index is -0.385. The number of amides is 1. The molecule has 0 aromatic carbocycles. The summed E-state index contributed by atoms with van der Waals surface area (Å²) in [5, 5.41) is 5.97. The minimum Gasteiger partial charge on any atom is -0.465 e. The number of hydrogen-bond donors (Lipinski definition) is 1. The number of ether oxygens (including phenoxy) is 1. The third-order valence-electron chi connectivity index (χ3n) is 3.64. The molecule has 0 bridgehead atoms. The first-order valence-corrected chi connectivity index (χ1v) is 8.76. The molecule has 3 rings (SSSR count). The van der Waals surface area contributed by atoms with Gasteiger partial charge in [-0.05, 0) is 38.2 Å². The monoisotopic (exact) mass is 336 g/mol. The Morgan fingerprint density at radius 2 is 2.09 bits per heavy atom. The maximum atomic E-state index is 12.3. The fourth-order valence-electron chi connectivity index (χ4n) is 2.61. The molecule has 0 spiro atoms. The van der Waals surface area contributed by atoms with E-state index in [0.29, 0.717) is 16.3 Å². The fourth-order valence-corrected chi connectivity index (χ4v) is 4.47. The third kappa shape index (κ3) is 2.78. The highest BCUT2D eigenvalue weighted by Gasteiger charge is 2.27. The molecule has 116 valence electrons. The molecular formula is C15H16N2O3S2. The Morgan fingerprint density at radius 1 is 1.32 bits per heavy atom. The highest BCUT2D eigenvalue weighted by Crippen LogP contribution is 2.38. The molecule has 0 fully saturated rings. The molecule has 2 aromatic heterocycles. The predicted molar refractivity (Wildman–Crippen MR) is 87.1 cm³/mol. The average Bonchev–Trinajstić information content (AvgIpc) is 3.09. The molecule has 5 nitrogen and oxygen atoms in total. The van der Waals surface area contributed by atoms with Gasteiger partial charge in [0, 0.05) is 10.3 Å². The number of nitrogens with one attached hydrogen (secondary N) is 1. The zero-order valence-electron chi connectivity index (χ0n) is 12.4. The van der Waals surface area contributed by atoms with Crippen LogP contribution < -0.4 is 5.32 Å². The second-order valence-corrected chi connectivity index (χ2v) is 7.28. The van der Waals surface area contributed by atoms with E-state index in [0.717, 1.165) is 36.3 Å². The number of aromatic nitrogens is 1. The van der Waals surface area contributed by atoms with Crippen LogP contribution in [-0.2, 0) is 17.6 Å². The fraction of sp³-hybridized carbons (Fsp3) is 0.400. The summed E-state index contributed by atoms with van der Waals surface area (Å²) in [5.41, 5.74) is 1.93. The van der Waals surface area contributed by atoms with Gasteiger partial charge in [0.15, 0.2) is 0 Å². The first kappa shape index (κ1) is 15.2. The van der Waals surface area contributed by atoms with Crippen molar-refractivity contribution in [2.75, 3.05) is 12.4 Å². The molecule has 0 atom stereocenters. The van der Waals surface area contributed by atoms with Crippen LogP contribution in [0.15, 0.2) is 5.38 Å². The first-order chi connectivity index (χ1) is 10.6. The van der Waals surface area contributed by atoms with Crippen molar-refractivity contribution in [3.05, 3.63) is 32.1 Å². The van der Waals surface area contributed by atoms with Gasteiger partial charge in [0.1, 0.15) is 10.7 Å². The lowest BCUT2D eigenvalue weighted by Crippen LogP contribution is -2.15. The van der Waals surface area contributed by atoms with Gasteiger partial charge in [0.2, 0.25) is 0 Å². The number of carbonyl (C=O) groups is 2. The molecule has 7 heteroatoms. The van der Waals surface area contributed by atoms with Gasteiger partial charge >= 0.3 is 5.97 Å². The molecule has 1 N–H and O–H groups in total. The quantitative estimate of drug-likeness (QED) is 0.872. The summed E-state index contributed by atoms with van der Waals surface area (Å²) in [6.45, 7) is 1.85. The smallest absolute Gasteiger partial charge is 0.341 e. The van der Waals surface area contributed by atoms with Crippen LogP contribution in [0.4, 0.5) is 5.00 Å². The average molecular weight is 336 g/mol. The van der Waals surface area contributed by atoms with E-state index in [1.54, 1.807) is 5.38 Å².